The molecule has 0 saturated carbocycles. The van der Waals surface area contributed by atoms with Crippen molar-refractivity contribution >= 4 is 13.2 Å². The number of rotatable bonds is 5. The fourth-order valence-electron chi connectivity index (χ4n) is 2.11. The molecule has 0 atom stereocenters. The van der Waals surface area contributed by atoms with Crippen LogP contribution in [0.1, 0.15) is 5.56 Å². The first-order chi connectivity index (χ1) is 12.6. The zero-order chi connectivity index (χ0) is 18.8. The number of allylic oxidation sites excluding steroid dienone is 7. The van der Waals surface area contributed by atoms with Crippen LogP contribution in [0, 0.1) is 0 Å². The molecular formula is C20H17BF2FeO3. The quantitative estimate of drug-likeness (QED) is 0.423. The first kappa shape index (κ1) is 22.4. The zero-order valence-electron chi connectivity index (χ0n) is 14.5. The van der Waals surface area contributed by atoms with Gasteiger partial charge in [-0.15, -0.1) is 0 Å². The number of methoxy groups -OCH3 is 1. The molecule has 2 aromatic carbocycles. The Balaban J connectivity index is 0.000000526. The molecule has 2 aromatic rings. The fourth-order valence-corrected chi connectivity index (χ4v) is 2.11. The van der Waals surface area contributed by atoms with E-state index in [1.54, 1.807) is 6.08 Å². The van der Waals surface area contributed by atoms with E-state index < -0.39 is 13.2 Å². The van der Waals surface area contributed by atoms with Crippen LogP contribution in [0.3, 0.4) is 0 Å². The molecule has 0 spiro atoms. The third-order valence-corrected chi connectivity index (χ3v) is 3.34. The van der Waals surface area contributed by atoms with Crippen molar-refractivity contribution in [2.75, 3.05) is 7.11 Å². The van der Waals surface area contributed by atoms with Crippen molar-refractivity contribution in [2.24, 2.45) is 0 Å². The molecule has 0 saturated heterocycles. The molecule has 0 heterocycles. The predicted molar refractivity (Wildman–Crippen MR) is 98.0 cm³/mol. The Morgan fingerprint density at radius 1 is 1.15 bits per heavy atom. The second kappa shape index (κ2) is 11.9. The molecule has 0 bridgehead atoms. The molecule has 3 rings (SSSR count). The SMILES string of the molecule is COc1ccc(/C([O-])=C/C=C2C=CC=C2)c(OB(F)F)c1.[Fe+2].c1cc[cH-]c1. The Morgan fingerprint density at radius 3 is 2.33 bits per heavy atom. The topological polar surface area (TPSA) is 41.5 Å². The summed E-state index contributed by atoms with van der Waals surface area (Å²) < 4.78 is 34.1. The second-order valence-electron chi connectivity index (χ2n) is 5.12. The van der Waals surface area contributed by atoms with Crippen molar-refractivity contribution in [3.05, 3.63) is 96.1 Å². The van der Waals surface area contributed by atoms with E-state index in [1.807, 2.05) is 54.6 Å². The third-order valence-electron chi connectivity index (χ3n) is 3.34. The summed E-state index contributed by atoms with van der Waals surface area (Å²) in [5.41, 5.74) is 0.909. The van der Waals surface area contributed by atoms with E-state index in [-0.39, 0.29) is 28.4 Å². The molecule has 3 nitrogen and oxygen atoms in total. The Morgan fingerprint density at radius 2 is 1.81 bits per heavy atom. The van der Waals surface area contributed by atoms with Gasteiger partial charge in [0.2, 0.25) is 0 Å². The van der Waals surface area contributed by atoms with E-state index in [0.717, 1.165) is 5.57 Å². The van der Waals surface area contributed by atoms with Crippen LogP contribution < -0.4 is 14.5 Å². The largest absolute Gasteiger partial charge is 2.00 e. The number of benzene rings is 1. The minimum Gasteiger partial charge on any atom is -0.872 e. The molecule has 0 aliphatic heterocycles. The molecule has 0 fully saturated rings. The van der Waals surface area contributed by atoms with Gasteiger partial charge in [0.1, 0.15) is 11.5 Å². The summed E-state index contributed by atoms with van der Waals surface area (Å²) >= 11 is 0. The number of halogens is 2. The van der Waals surface area contributed by atoms with E-state index in [4.69, 9.17) is 4.74 Å². The van der Waals surface area contributed by atoms with Gasteiger partial charge in [-0.2, -0.15) is 18.2 Å². The van der Waals surface area contributed by atoms with Crippen LogP contribution in [0.4, 0.5) is 8.63 Å². The van der Waals surface area contributed by atoms with E-state index in [0.29, 0.717) is 5.75 Å². The summed E-state index contributed by atoms with van der Waals surface area (Å²) in [4.78, 5) is 0. The van der Waals surface area contributed by atoms with Crippen LogP contribution in [0.5, 0.6) is 11.5 Å². The molecular weight excluding hydrogens is 393 g/mol. The van der Waals surface area contributed by atoms with E-state index >= 15 is 0 Å². The summed E-state index contributed by atoms with van der Waals surface area (Å²) in [6.07, 6.45) is 10.3. The van der Waals surface area contributed by atoms with Gasteiger partial charge in [0.05, 0.1) is 7.11 Å². The van der Waals surface area contributed by atoms with Gasteiger partial charge in [0.25, 0.3) is 0 Å². The second-order valence-corrected chi connectivity index (χ2v) is 5.12. The van der Waals surface area contributed by atoms with Crippen LogP contribution in [0.25, 0.3) is 5.76 Å². The standard InChI is InChI=1S/C15H13BF2O3.C5H5.Fe/c1-20-12-7-8-13(15(10-12)21-16(17)18)14(19)9-6-11-4-2-3-5-11;1-2-4-5-3-1;/h2-10,19H,1H3;1-5H;/q;-1;+2/p-1/b14-9-;;. The molecule has 0 amide bonds. The normalized spacial score (nSPS) is 12.0. The van der Waals surface area contributed by atoms with Crippen molar-refractivity contribution in [3.8, 4) is 11.5 Å². The van der Waals surface area contributed by atoms with Crippen molar-refractivity contribution in [1.82, 2.24) is 0 Å². The summed E-state index contributed by atoms with van der Waals surface area (Å²) in [6.45, 7) is 0. The van der Waals surface area contributed by atoms with Crippen LogP contribution in [-0.2, 0) is 17.1 Å². The summed E-state index contributed by atoms with van der Waals surface area (Å²) in [6, 6.07) is 14.2. The van der Waals surface area contributed by atoms with Crippen LogP contribution >= 0.6 is 0 Å². The Labute approximate surface area is 168 Å². The van der Waals surface area contributed by atoms with E-state index in [1.165, 1.54) is 31.4 Å². The van der Waals surface area contributed by atoms with Gasteiger partial charge < -0.3 is 14.5 Å². The van der Waals surface area contributed by atoms with Crippen LogP contribution in [0.2, 0.25) is 0 Å². The summed E-state index contributed by atoms with van der Waals surface area (Å²) in [7, 11) is -1.61. The zero-order valence-corrected chi connectivity index (χ0v) is 15.6. The Hall–Kier alpha value is -2.63. The van der Waals surface area contributed by atoms with E-state index in [9.17, 15) is 13.7 Å². The minimum absolute atomic E-state index is 0. The predicted octanol–water partition coefficient (Wildman–Crippen LogP) is 4.15. The van der Waals surface area contributed by atoms with E-state index in [2.05, 4.69) is 4.65 Å². The maximum Gasteiger partial charge on any atom is 2.00 e. The average molecular weight is 410 g/mol. The fraction of sp³-hybridized carbons (Fsp3) is 0.0500. The van der Waals surface area contributed by atoms with Crippen molar-refractivity contribution in [1.29, 1.82) is 0 Å². The van der Waals surface area contributed by atoms with Gasteiger partial charge in [-0.05, 0) is 17.7 Å². The van der Waals surface area contributed by atoms with Crippen LogP contribution in [0.15, 0.2) is 90.6 Å². The molecule has 140 valence electrons. The smallest absolute Gasteiger partial charge is 0.872 e. The van der Waals surface area contributed by atoms with Gasteiger partial charge in [-0.25, -0.2) is 20.8 Å². The Bertz CT molecular complexity index is 781. The third kappa shape index (κ3) is 7.65. The van der Waals surface area contributed by atoms with Crippen molar-refractivity contribution < 1.29 is 40.2 Å². The molecule has 0 aromatic heterocycles. The van der Waals surface area contributed by atoms with Crippen molar-refractivity contribution in [2.45, 2.75) is 0 Å². The van der Waals surface area contributed by atoms with Gasteiger partial charge in [-0.1, -0.05) is 42.2 Å². The van der Waals surface area contributed by atoms with Crippen molar-refractivity contribution in [3.63, 3.8) is 0 Å². The molecule has 27 heavy (non-hydrogen) atoms. The number of hydrogen-bond donors (Lipinski definition) is 0. The maximum atomic E-state index is 12.4. The Kier molecular flexibility index (Phi) is 9.87. The molecule has 1 aliphatic rings. The minimum atomic E-state index is -3.01. The van der Waals surface area contributed by atoms with Gasteiger partial charge in [0.15, 0.2) is 0 Å². The monoisotopic (exact) mass is 410 g/mol. The van der Waals surface area contributed by atoms with Gasteiger partial charge in [0, 0.05) is 11.6 Å². The molecule has 0 radical (unpaired) electrons. The molecule has 0 N–H and O–H groups in total. The first-order valence-electron chi connectivity index (χ1n) is 7.84. The average Bonchev–Trinajstić information content (AvgIpc) is 3.35. The summed E-state index contributed by atoms with van der Waals surface area (Å²) in [5, 5.41) is 12.1. The molecule has 1 aliphatic carbocycles. The molecule has 0 unspecified atom stereocenters. The summed E-state index contributed by atoms with van der Waals surface area (Å²) in [5.74, 6) is -0.293. The number of ether oxygens (including phenoxy) is 1. The number of hydrogen-bond acceptors (Lipinski definition) is 3. The van der Waals surface area contributed by atoms with Gasteiger partial charge >= 0.3 is 24.5 Å². The molecule has 7 heteroatoms. The first-order valence-corrected chi connectivity index (χ1v) is 7.84. The maximum absolute atomic E-state index is 12.4. The van der Waals surface area contributed by atoms with Gasteiger partial charge in [-0.3, -0.25) is 0 Å². The van der Waals surface area contributed by atoms with Crippen LogP contribution in [-0.4, -0.2) is 14.6 Å².